The predicted molar refractivity (Wildman–Crippen MR) is 90.2 cm³/mol. The van der Waals surface area contributed by atoms with Crippen LogP contribution < -0.4 is 10.1 Å². The van der Waals surface area contributed by atoms with Gasteiger partial charge >= 0.3 is 0 Å². The molecule has 7 heteroatoms. The Morgan fingerprint density at radius 3 is 2.44 bits per heavy atom. The summed E-state index contributed by atoms with van der Waals surface area (Å²) in [6.07, 6.45) is 2.97. The number of halogens is 1. The summed E-state index contributed by atoms with van der Waals surface area (Å²) >= 11 is 0. The number of pyridine rings is 1. The van der Waals surface area contributed by atoms with Gasteiger partial charge in [0.2, 0.25) is 5.88 Å². The molecule has 1 N–H and O–H groups in total. The molecule has 3 aromatic rings. The topological polar surface area (TPSA) is 77.0 Å². The number of hydrogen-bond acceptors (Lipinski definition) is 5. The number of aryl methyl sites for hydroxylation is 2. The van der Waals surface area contributed by atoms with Crippen LogP contribution in [0.1, 0.15) is 21.9 Å². The minimum absolute atomic E-state index is 0.313. The largest absolute Gasteiger partial charge is 0.439 e. The fourth-order valence-corrected chi connectivity index (χ4v) is 2.14. The Morgan fingerprint density at radius 2 is 1.80 bits per heavy atom. The highest BCUT2D eigenvalue weighted by molar-refractivity contribution is 6.04. The van der Waals surface area contributed by atoms with Crippen LogP contribution in [0, 0.1) is 19.7 Å². The number of nitrogens with one attached hydrogen (secondary N) is 1. The summed E-state index contributed by atoms with van der Waals surface area (Å²) < 4.78 is 18.4. The highest BCUT2D eigenvalue weighted by atomic mass is 19.1. The molecule has 126 valence electrons. The normalized spacial score (nSPS) is 10.4. The second-order valence-electron chi connectivity index (χ2n) is 5.31. The molecular weight excluding hydrogens is 323 g/mol. The summed E-state index contributed by atoms with van der Waals surface area (Å²) in [5.74, 6) is 0.760. The van der Waals surface area contributed by atoms with E-state index in [0.717, 1.165) is 0 Å². The summed E-state index contributed by atoms with van der Waals surface area (Å²) in [6.45, 7) is 3.51. The number of anilines is 1. The molecule has 0 unspecified atom stereocenters. The Bertz CT molecular complexity index is 896. The zero-order valence-corrected chi connectivity index (χ0v) is 13.7. The maximum Gasteiger partial charge on any atom is 0.259 e. The molecule has 0 saturated carbocycles. The lowest BCUT2D eigenvalue weighted by Gasteiger charge is -2.08. The maximum absolute atomic E-state index is 12.9. The molecule has 6 nitrogen and oxygen atoms in total. The van der Waals surface area contributed by atoms with E-state index in [9.17, 15) is 9.18 Å². The third kappa shape index (κ3) is 4.14. The summed E-state index contributed by atoms with van der Waals surface area (Å²) in [4.78, 5) is 24.6. The standard InChI is InChI=1S/C18H15FN4O2/c1-11-16(10-20-12(2)22-11)18(24)23-14-5-8-17(21-9-14)25-15-6-3-13(19)4-7-15/h3-10H,1-2H3,(H,23,24). The van der Waals surface area contributed by atoms with Crippen molar-refractivity contribution in [3.05, 3.63) is 71.7 Å². The highest BCUT2D eigenvalue weighted by Gasteiger charge is 2.11. The monoisotopic (exact) mass is 338 g/mol. The SMILES string of the molecule is Cc1ncc(C(=O)Nc2ccc(Oc3ccc(F)cc3)nc2)c(C)n1. The van der Waals surface area contributed by atoms with Crippen molar-refractivity contribution in [1.82, 2.24) is 15.0 Å². The third-order valence-corrected chi connectivity index (χ3v) is 3.37. The molecule has 25 heavy (non-hydrogen) atoms. The lowest BCUT2D eigenvalue weighted by Crippen LogP contribution is -2.15. The number of rotatable bonds is 4. The van der Waals surface area contributed by atoms with E-state index in [-0.39, 0.29) is 11.7 Å². The van der Waals surface area contributed by atoms with Crippen LogP contribution >= 0.6 is 0 Å². The molecular formula is C18H15FN4O2. The number of hydrogen-bond donors (Lipinski definition) is 1. The minimum atomic E-state index is -0.339. The van der Waals surface area contributed by atoms with Gasteiger partial charge in [-0.1, -0.05) is 0 Å². The summed E-state index contributed by atoms with van der Waals surface area (Å²) in [6, 6.07) is 8.89. The van der Waals surface area contributed by atoms with Crippen LogP contribution in [0.15, 0.2) is 48.8 Å². The average molecular weight is 338 g/mol. The highest BCUT2D eigenvalue weighted by Crippen LogP contribution is 2.21. The smallest absolute Gasteiger partial charge is 0.259 e. The fourth-order valence-electron chi connectivity index (χ4n) is 2.14. The van der Waals surface area contributed by atoms with Gasteiger partial charge < -0.3 is 10.1 Å². The Hall–Kier alpha value is -3.35. The van der Waals surface area contributed by atoms with Crippen molar-refractivity contribution >= 4 is 11.6 Å². The van der Waals surface area contributed by atoms with Gasteiger partial charge in [0.25, 0.3) is 5.91 Å². The van der Waals surface area contributed by atoms with E-state index in [1.165, 1.54) is 36.7 Å². The molecule has 1 aromatic carbocycles. The number of benzene rings is 1. The first-order valence-electron chi connectivity index (χ1n) is 7.52. The zero-order chi connectivity index (χ0) is 17.8. The van der Waals surface area contributed by atoms with Gasteiger partial charge in [0.15, 0.2) is 0 Å². The summed E-state index contributed by atoms with van der Waals surface area (Å²) in [7, 11) is 0. The van der Waals surface area contributed by atoms with Gasteiger partial charge in [-0.25, -0.2) is 19.3 Å². The zero-order valence-electron chi connectivity index (χ0n) is 13.7. The van der Waals surface area contributed by atoms with Gasteiger partial charge in [0.1, 0.15) is 17.4 Å². The van der Waals surface area contributed by atoms with Crippen LogP contribution in [0.4, 0.5) is 10.1 Å². The molecule has 2 aromatic heterocycles. The Kier molecular flexibility index (Phi) is 4.65. The van der Waals surface area contributed by atoms with Crippen molar-refractivity contribution in [3.63, 3.8) is 0 Å². The van der Waals surface area contributed by atoms with Crippen LogP contribution in [0.3, 0.4) is 0 Å². The van der Waals surface area contributed by atoms with E-state index in [1.54, 1.807) is 26.0 Å². The van der Waals surface area contributed by atoms with E-state index in [0.29, 0.717) is 34.4 Å². The minimum Gasteiger partial charge on any atom is -0.439 e. The van der Waals surface area contributed by atoms with Gasteiger partial charge in [-0.2, -0.15) is 0 Å². The van der Waals surface area contributed by atoms with E-state index >= 15 is 0 Å². The Labute approximate surface area is 143 Å². The lowest BCUT2D eigenvalue weighted by atomic mass is 10.2. The predicted octanol–water partition coefficient (Wildman–Crippen LogP) is 3.67. The number of carbonyl (C=O) groups is 1. The maximum atomic E-state index is 12.9. The molecule has 0 fully saturated rings. The number of carbonyl (C=O) groups excluding carboxylic acids is 1. The number of nitrogens with zero attached hydrogens (tertiary/aromatic N) is 3. The van der Waals surface area contributed by atoms with Crippen molar-refractivity contribution in [2.24, 2.45) is 0 Å². The van der Waals surface area contributed by atoms with Crippen LogP contribution in [0.2, 0.25) is 0 Å². The fraction of sp³-hybridized carbons (Fsp3) is 0.111. The van der Waals surface area contributed by atoms with E-state index in [1.807, 2.05) is 0 Å². The van der Waals surface area contributed by atoms with Gasteiger partial charge in [0, 0.05) is 12.3 Å². The second kappa shape index (κ2) is 7.04. The molecule has 0 atom stereocenters. The van der Waals surface area contributed by atoms with Gasteiger partial charge in [-0.3, -0.25) is 4.79 Å². The number of aromatic nitrogens is 3. The van der Waals surface area contributed by atoms with Gasteiger partial charge in [0.05, 0.1) is 23.1 Å². The molecule has 2 heterocycles. The lowest BCUT2D eigenvalue weighted by molar-refractivity contribution is 0.102. The Morgan fingerprint density at radius 1 is 1.04 bits per heavy atom. The molecule has 0 saturated heterocycles. The molecule has 0 spiro atoms. The summed E-state index contributed by atoms with van der Waals surface area (Å²) in [5, 5.41) is 2.73. The van der Waals surface area contributed by atoms with Crippen LogP contribution in [-0.2, 0) is 0 Å². The molecule has 1 amide bonds. The first kappa shape index (κ1) is 16.5. The summed E-state index contributed by atoms with van der Waals surface area (Å²) in [5.41, 5.74) is 1.52. The van der Waals surface area contributed by atoms with Crippen molar-refractivity contribution in [1.29, 1.82) is 0 Å². The van der Waals surface area contributed by atoms with E-state index < -0.39 is 0 Å². The van der Waals surface area contributed by atoms with Crippen LogP contribution in [-0.4, -0.2) is 20.9 Å². The van der Waals surface area contributed by atoms with E-state index in [4.69, 9.17) is 4.74 Å². The first-order chi connectivity index (χ1) is 12.0. The molecule has 0 aliphatic carbocycles. The van der Waals surface area contributed by atoms with Crippen molar-refractivity contribution in [2.75, 3.05) is 5.32 Å². The van der Waals surface area contributed by atoms with Gasteiger partial charge in [-0.05, 0) is 44.2 Å². The second-order valence-corrected chi connectivity index (χ2v) is 5.31. The molecule has 3 rings (SSSR count). The van der Waals surface area contributed by atoms with Crippen molar-refractivity contribution < 1.29 is 13.9 Å². The van der Waals surface area contributed by atoms with Crippen molar-refractivity contribution in [3.8, 4) is 11.6 Å². The number of amides is 1. The van der Waals surface area contributed by atoms with E-state index in [2.05, 4.69) is 20.3 Å². The van der Waals surface area contributed by atoms with Crippen LogP contribution in [0.5, 0.6) is 11.6 Å². The molecule has 0 aliphatic heterocycles. The Balaban J connectivity index is 1.67. The first-order valence-corrected chi connectivity index (χ1v) is 7.52. The third-order valence-electron chi connectivity index (χ3n) is 3.37. The molecule has 0 radical (unpaired) electrons. The van der Waals surface area contributed by atoms with Gasteiger partial charge in [-0.15, -0.1) is 0 Å². The quantitative estimate of drug-likeness (QED) is 0.785. The molecule has 0 bridgehead atoms. The number of ether oxygens (including phenoxy) is 1. The van der Waals surface area contributed by atoms with Crippen molar-refractivity contribution in [2.45, 2.75) is 13.8 Å². The molecule has 0 aliphatic rings. The van der Waals surface area contributed by atoms with Crippen LogP contribution in [0.25, 0.3) is 0 Å². The average Bonchev–Trinajstić information content (AvgIpc) is 2.58.